The summed E-state index contributed by atoms with van der Waals surface area (Å²) in [5.41, 5.74) is 5.74. The summed E-state index contributed by atoms with van der Waals surface area (Å²) >= 11 is 1.24. The van der Waals surface area contributed by atoms with E-state index in [0.717, 1.165) is 34.2 Å². The third kappa shape index (κ3) is 2.37. The molecule has 2 heterocycles. The molecule has 2 aromatic carbocycles. The fourth-order valence-corrected chi connectivity index (χ4v) is 2.80. The molecular weight excluding hydrogens is 286 g/mol. The molecule has 0 bridgehead atoms. The Morgan fingerprint density at radius 3 is 2.90 bits per heavy atom. The van der Waals surface area contributed by atoms with Crippen LogP contribution in [0.25, 0.3) is 22.1 Å². The molecule has 2 aromatic heterocycles. The highest BCUT2D eigenvalue weighted by Crippen LogP contribution is 2.15. The summed E-state index contributed by atoms with van der Waals surface area (Å²) in [5, 5.41) is 11.2. The molecule has 0 aliphatic heterocycles. The Morgan fingerprint density at radius 1 is 0.952 bits per heavy atom. The van der Waals surface area contributed by atoms with Crippen LogP contribution in [0.5, 0.6) is 0 Å². The molecule has 0 aliphatic rings. The van der Waals surface area contributed by atoms with Gasteiger partial charge in [-0.15, -0.1) is 0 Å². The SMILES string of the molecule is c1cc(CNCc2ccc3nsnc3c2)c2nonc2c1. The second-order valence-corrected chi connectivity index (χ2v) is 5.27. The number of hydrogen-bond donors (Lipinski definition) is 1. The highest BCUT2D eigenvalue weighted by Gasteiger charge is 2.06. The van der Waals surface area contributed by atoms with Crippen molar-refractivity contribution in [1.29, 1.82) is 0 Å². The van der Waals surface area contributed by atoms with Crippen molar-refractivity contribution < 1.29 is 4.63 Å². The minimum Gasteiger partial charge on any atom is -0.309 e. The van der Waals surface area contributed by atoms with E-state index >= 15 is 0 Å². The van der Waals surface area contributed by atoms with Crippen LogP contribution < -0.4 is 5.32 Å². The number of nitrogens with one attached hydrogen (secondary N) is 1. The highest BCUT2D eigenvalue weighted by atomic mass is 32.1. The molecule has 0 radical (unpaired) electrons. The first-order valence-corrected chi connectivity index (χ1v) is 7.25. The molecule has 0 fully saturated rings. The highest BCUT2D eigenvalue weighted by molar-refractivity contribution is 7.00. The zero-order chi connectivity index (χ0) is 14.1. The van der Waals surface area contributed by atoms with Crippen molar-refractivity contribution in [3.63, 3.8) is 0 Å². The summed E-state index contributed by atoms with van der Waals surface area (Å²) < 4.78 is 13.2. The Bertz CT molecular complexity index is 900. The van der Waals surface area contributed by atoms with Crippen LogP contribution in [0.1, 0.15) is 11.1 Å². The standard InChI is InChI=1S/C14H11N5OS/c1-2-10(14-12(3-1)16-20-17-14)8-15-7-9-4-5-11-13(6-9)19-21-18-11/h1-6,15H,7-8H2. The minimum atomic E-state index is 0.707. The number of hydrogen-bond acceptors (Lipinski definition) is 7. The van der Waals surface area contributed by atoms with E-state index in [0.29, 0.717) is 6.54 Å². The summed E-state index contributed by atoms with van der Waals surface area (Å²) in [6, 6.07) is 12.0. The Labute approximate surface area is 124 Å². The van der Waals surface area contributed by atoms with Crippen molar-refractivity contribution in [2.24, 2.45) is 0 Å². The summed E-state index contributed by atoms with van der Waals surface area (Å²) in [4.78, 5) is 0. The van der Waals surface area contributed by atoms with Crippen LogP contribution in [0, 0.1) is 0 Å². The maximum Gasteiger partial charge on any atom is 0.139 e. The molecule has 104 valence electrons. The van der Waals surface area contributed by atoms with E-state index in [4.69, 9.17) is 4.63 Å². The van der Waals surface area contributed by atoms with Crippen molar-refractivity contribution in [2.75, 3.05) is 0 Å². The van der Waals surface area contributed by atoms with Crippen LogP contribution in [0.3, 0.4) is 0 Å². The predicted octanol–water partition coefficient (Wildman–Crippen LogP) is 2.52. The van der Waals surface area contributed by atoms with Crippen LogP contribution in [-0.4, -0.2) is 19.1 Å². The normalized spacial score (nSPS) is 11.4. The zero-order valence-electron chi connectivity index (χ0n) is 11.0. The van der Waals surface area contributed by atoms with E-state index in [2.05, 4.69) is 36.5 Å². The number of nitrogens with zero attached hydrogens (tertiary/aromatic N) is 4. The van der Waals surface area contributed by atoms with Gasteiger partial charge < -0.3 is 5.32 Å². The van der Waals surface area contributed by atoms with Crippen LogP contribution in [-0.2, 0) is 13.1 Å². The second kappa shape index (κ2) is 5.19. The van der Waals surface area contributed by atoms with Gasteiger partial charge in [0.05, 0.1) is 11.7 Å². The number of aromatic nitrogens is 4. The monoisotopic (exact) mass is 297 g/mol. The lowest BCUT2D eigenvalue weighted by Crippen LogP contribution is -2.12. The van der Waals surface area contributed by atoms with Gasteiger partial charge in [0.1, 0.15) is 22.1 Å². The average molecular weight is 297 g/mol. The Kier molecular flexibility index (Phi) is 3.06. The summed E-state index contributed by atoms with van der Waals surface area (Å²) in [6.07, 6.45) is 0. The van der Waals surface area contributed by atoms with Crippen LogP contribution >= 0.6 is 11.7 Å². The van der Waals surface area contributed by atoms with Gasteiger partial charge in [0.15, 0.2) is 0 Å². The number of benzene rings is 2. The number of fused-ring (bicyclic) bond motifs is 2. The third-order valence-electron chi connectivity index (χ3n) is 3.33. The molecule has 0 unspecified atom stereocenters. The molecule has 0 atom stereocenters. The molecule has 0 saturated heterocycles. The van der Waals surface area contributed by atoms with Gasteiger partial charge in [-0.3, -0.25) is 0 Å². The number of rotatable bonds is 4. The van der Waals surface area contributed by atoms with Gasteiger partial charge in [-0.05, 0) is 39.6 Å². The third-order valence-corrected chi connectivity index (χ3v) is 3.89. The van der Waals surface area contributed by atoms with Crippen molar-refractivity contribution in [2.45, 2.75) is 13.1 Å². The molecule has 0 aliphatic carbocycles. The van der Waals surface area contributed by atoms with E-state index in [1.165, 1.54) is 17.3 Å². The fourth-order valence-electron chi connectivity index (χ4n) is 2.28. The summed E-state index contributed by atoms with van der Waals surface area (Å²) in [6.45, 7) is 1.47. The van der Waals surface area contributed by atoms with Crippen LogP contribution in [0.15, 0.2) is 41.0 Å². The van der Waals surface area contributed by atoms with Gasteiger partial charge >= 0.3 is 0 Å². The minimum absolute atomic E-state index is 0.707. The van der Waals surface area contributed by atoms with Crippen molar-refractivity contribution in [1.82, 2.24) is 24.4 Å². The lowest BCUT2D eigenvalue weighted by molar-refractivity contribution is 0.315. The van der Waals surface area contributed by atoms with Crippen molar-refractivity contribution in [3.8, 4) is 0 Å². The molecule has 0 spiro atoms. The molecule has 0 amide bonds. The lowest BCUT2D eigenvalue weighted by atomic mass is 10.1. The van der Waals surface area contributed by atoms with Gasteiger partial charge in [0.2, 0.25) is 0 Å². The summed E-state index contributed by atoms with van der Waals surface area (Å²) in [7, 11) is 0. The molecule has 1 N–H and O–H groups in total. The molecule has 0 saturated carbocycles. The smallest absolute Gasteiger partial charge is 0.139 e. The zero-order valence-corrected chi connectivity index (χ0v) is 11.8. The second-order valence-electron chi connectivity index (χ2n) is 4.74. The Hall–Kier alpha value is -2.38. The van der Waals surface area contributed by atoms with Gasteiger partial charge in [-0.2, -0.15) is 8.75 Å². The quantitative estimate of drug-likeness (QED) is 0.623. The average Bonchev–Trinajstić information content (AvgIpc) is 3.15. The van der Waals surface area contributed by atoms with Gasteiger partial charge in [0, 0.05) is 13.1 Å². The maximum absolute atomic E-state index is 4.77. The molecule has 6 nitrogen and oxygen atoms in total. The van der Waals surface area contributed by atoms with E-state index < -0.39 is 0 Å². The van der Waals surface area contributed by atoms with E-state index in [1.54, 1.807) is 0 Å². The molecule has 7 heteroatoms. The van der Waals surface area contributed by atoms with Crippen LogP contribution in [0.4, 0.5) is 0 Å². The molecular formula is C14H11N5OS. The first-order chi connectivity index (χ1) is 10.4. The first kappa shape index (κ1) is 12.4. The van der Waals surface area contributed by atoms with Crippen LogP contribution in [0.2, 0.25) is 0 Å². The fraction of sp³-hybridized carbons (Fsp3) is 0.143. The Morgan fingerprint density at radius 2 is 1.90 bits per heavy atom. The Balaban J connectivity index is 1.48. The van der Waals surface area contributed by atoms with Gasteiger partial charge in [0.25, 0.3) is 0 Å². The van der Waals surface area contributed by atoms with Crippen molar-refractivity contribution in [3.05, 3.63) is 47.5 Å². The van der Waals surface area contributed by atoms with Crippen molar-refractivity contribution >= 4 is 33.8 Å². The molecule has 21 heavy (non-hydrogen) atoms. The topological polar surface area (TPSA) is 76.7 Å². The predicted molar refractivity (Wildman–Crippen MR) is 79.8 cm³/mol. The van der Waals surface area contributed by atoms with Gasteiger partial charge in [-0.25, -0.2) is 4.63 Å². The van der Waals surface area contributed by atoms with Gasteiger partial charge in [-0.1, -0.05) is 18.2 Å². The first-order valence-electron chi connectivity index (χ1n) is 6.52. The molecule has 4 rings (SSSR count). The maximum atomic E-state index is 4.77. The van der Waals surface area contributed by atoms with E-state index in [9.17, 15) is 0 Å². The summed E-state index contributed by atoms with van der Waals surface area (Å²) in [5.74, 6) is 0. The molecule has 4 aromatic rings. The van der Waals surface area contributed by atoms with E-state index in [-0.39, 0.29) is 0 Å². The van der Waals surface area contributed by atoms with E-state index in [1.807, 2.05) is 24.3 Å². The lowest BCUT2D eigenvalue weighted by Gasteiger charge is -2.05. The largest absolute Gasteiger partial charge is 0.309 e.